The summed E-state index contributed by atoms with van der Waals surface area (Å²) in [6, 6.07) is -0.749. The number of halogens is 1. The number of amides is 1. The SMILES string of the molecule is CO[C@H]1O[C@H](CI)[C@@H](O)[C@H](OC(C)=O)[C@H]1NC(C)=O. The number of aliphatic hydroxyl groups excluding tert-OH is 1. The summed E-state index contributed by atoms with van der Waals surface area (Å²) in [6.07, 6.45) is -3.24. The van der Waals surface area contributed by atoms with Crippen molar-refractivity contribution in [2.24, 2.45) is 0 Å². The molecule has 0 unspecified atom stereocenters. The van der Waals surface area contributed by atoms with Crippen LogP contribution in [0.3, 0.4) is 0 Å². The molecule has 0 aromatic heterocycles. The molecule has 1 rings (SSSR count). The van der Waals surface area contributed by atoms with Crippen LogP contribution in [0.2, 0.25) is 0 Å². The van der Waals surface area contributed by atoms with Crippen LogP contribution in [-0.2, 0) is 23.8 Å². The van der Waals surface area contributed by atoms with Gasteiger partial charge < -0.3 is 24.6 Å². The fourth-order valence-electron chi connectivity index (χ4n) is 1.97. The van der Waals surface area contributed by atoms with Crippen LogP contribution in [0.4, 0.5) is 0 Å². The lowest BCUT2D eigenvalue weighted by Gasteiger charge is -2.43. The van der Waals surface area contributed by atoms with E-state index in [1.165, 1.54) is 21.0 Å². The first-order chi connectivity index (χ1) is 8.90. The Bertz CT molecular complexity index is 339. The van der Waals surface area contributed by atoms with E-state index in [2.05, 4.69) is 27.9 Å². The number of rotatable bonds is 4. The van der Waals surface area contributed by atoms with E-state index in [1.807, 2.05) is 0 Å². The minimum Gasteiger partial charge on any atom is -0.457 e. The van der Waals surface area contributed by atoms with E-state index in [1.54, 1.807) is 0 Å². The highest BCUT2D eigenvalue weighted by atomic mass is 127. The summed E-state index contributed by atoms with van der Waals surface area (Å²) in [6.45, 7) is 2.57. The van der Waals surface area contributed by atoms with Crippen molar-refractivity contribution in [2.45, 2.75) is 44.5 Å². The van der Waals surface area contributed by atoms with Gasteiger partial charge in [0.1, 0.15) is 12.1 Å². The van der Waals surface area contributed by atoms with Gasteiger partial charge in [-0.25, -0.2) is 0 Å². The minimum atomic E-state index is -1.02. The van der Waals surface area contributed by atoms with Gasteiger partial charge in [-0.05, 0) is 0 Å². The molecule has 19 heavy (non-hydrogen) atoms. The topological polar surface area (TPSA) is 94.1 Å². The van der Waals surface area contributed by atoms with Gasteiger partial charge in [-0.2, -0.15) is 0 Å². The number of carbonyl (C=O) groups excluding carboxylic acids is 2. The molecule has 0 radical (unpaired) electrons. The van der Waals surface area contributed by atoms with Gasteiger partial charge in [0.25, 0.3) is 0 Å². The van der Waals surface area contributed by atoms with Crippen molar-refractivity contribution in [3.8, 4) is 0 Å². The Morgan fingerprint density at radius 3 is 2.47 bits per heavy atom. The molecule has 0 bridgehead atoms. The third-order valence-electron chi connectivity index (χ3n) is 2.73. The number of alkyl halides is 1. The number of ether oxygens (including phenoxy) is 3. The number of esters is 1. The molecule has 0 aromatic rings. The third-order valence-corrected chi connectivity index (χ3v) is 3.60. The number of hydrogen-bond acceptors (Lipinski definition) is 6. The van der Waals surface area contributed by atoms with Crippen molar-refractivity contribution in [1.29, 1.82) is 0 Å². The quantitative estimate of drug-likeness (QED) is 0.387. The van der Waals surface area contributed by atoms with E-state index in [9.17, 15) is 14.7 Å². The summed E-state index contributed by atoms with van der Waals surface area (Å²) in [5.41, 5.74) is 0. The fraction of sp³-hybridized carbons (Fsp3) is 0.818. The van der Waals surface area contributed by atoms with Gasteiger partial charge in [0.2, 0.25) is 5.91 Å². The molecule has 1 fully saturated rings. The third kappa shape index (κ3) is 4.26. The standard InChI is InChI=1S/C11H18INO6/c1-5(14)13-8-10(18-6(2)15)9(16)7(4-12)19-11(8)17-3/h7-11,16H,4H2,1-3H3,(H,13,14)/t7-,8-,9-,10-,11+/m1/s1. The fourth-order valence-corrected chi connectivity index (χ4v) is 2.69. The average Bonchev–Trinajstić information content (AvgIpc) is 2.33. The lowest BCUT2D eigenvalue weighted by atomic mass is 9.97. The summed E-state index contributed by atoms with van der Waals surface area (Å²) < 4.78 is 16.3. The Hall–Kier alpha value is -0.450. The molecule has 0 aliphatic carbocycles. The Balaban J connectivity index is 2.96. The predicted octanol–water partition coefficient (Wildman–Crippen LogP) is -0.410. The smallest absolute Gasteiger partial charge is 0.303 e. The lowest BCUT2D eigenvalue weighted by molar-refractivity contribution is -0.254. The van der Waals surface area contributed by atoms with E-state index in [4.69, 9.17) is 14.2 Å². The van der Waals surface area contributed by atoms with Crippen molar-refractivity contribution >= 4 is 34.5 Å². The maximum atomic E-state index is 11.2. The highest BCUT2D eigenvalue weighted by Gasteiger charge is 2.47. The van der Waals surface area contributed by atoms with E-state index in [0.29, 0.717) is 4.43 Å². The van der Waals surface area contributed by atoms with E-state index in [-0.39, 0.29) is 5.91 Å². The van der Waals surface area contributed by atoms with Crippen molar-refractivity contribution in [3.05, 3.63) is 0 Å². The minimum absolute atomic E-state index is 0.326. The van der Waals surface area contributed by atoms with Crippen LogP contribution in [-0.4, -0.2) is 59.2 Å². The molecule has 2 N–H and O–H groups in total. The molecule has 5 atom stereocenters. The van der Waals surface area contributed by atoms with Gasteiger partial charge in [-0.15, -0.1) is 0 Å². The second-order valence-electron chi connectivity index (χ2n) is 4.22. The molecule has 0 spiro atoms. The first-order valence-corrected chi connectivity index (χ1v) is 7.29. The Kier molecular flexibility index (Phi) is 6.43. The zero-order chi connectivity index (χ0) is 14.6. The van der Waals surface area contributed by atoms with E-state index in [0.717, 1.165) is 0 Å². The van der Waals surface area contributed by atoms with Crippen LogP contribution in [0.15, 0.2) is 0 Å². The van der Waals surface area contributed by atoms with Gasteiger partial charge in [-0.3, -0.25) is 9.59 Å². The monoisotopic (exact) mass is 387 g/mol. The summed E-state index contributed by atoms with van der Waals surface area (Å²) in [5, 5.41) is 12.7. The maximum Gasteiger partial charge on any atom is 0.303 e. The van der Waals surface area contributed by atoms with E-state index >= 15 is 0 Å². The Morgan fingerprint density at radius 2 is 2.05 bits per heavy atom. The molecule has 8 heteroatoms. The molecular formula is C11H18INO6. The lowest BCUT2D eigenvalue weighted by Crippen LogP contribution is -2.65. The van der Waals surface area contributed by atoms with Crippen LogP contribution in [0.1, 0.15) is 13.8 Å². The molecule has 1 aliphatic rings. The number of hydrogen-bond donors (Lipinski definition) is 2. The van der Waals surface area contributed by atoms with Gasteiger partial charge in [0, 0.05) is 25.4 Å². The molecular weight excluding hydrogens is 369 g/mol. The second-order valence-corrected chi connectivity index (χ2v) is 5.10. The van der Waals surface area contributed by atoms with Crippen LogP contribution >= 0.6 is 22.6 Å². The van der Waals surface area contributed by atoms with Crippen LogP contribution in [0, 0.1) is 0 Å². The number of nitrogens with one attached hydrogen (secondary N) is 1. The summed E-state index contributed by atoms with van der Waals surface area (Å²) in [4.78, 5) is 22.4. The average molecular weight is 387 g/mol. The zero-order valence-electron chi connectivity index (χ0n) is 11.0. The maximum absolute atomic E-state index is 11.2. The number of carbonyl (C=O) groups is 2. The molecule has 1 heterocycles. The zero-order valence-corrected chi connectivity index (χ0v) is 13.1. The van der Waals surface area contributed by atoms with Crippen LogP contribution in [0.25, 0.3) is 0 Å². The largest absolute Gasteiger partial charge is 0.457 e. The van der Waals surface area contributed by atoms with Gasteiger partial charge in [0.05, 0.1) is 6.10 Å². The van der Waals surface area contributed by atoms with Crippen molar-refractivity contribution in [3.63, 3.8) is 0 Å². The highest BCUT2D eigenvalue weighted by molar-refractivity contribution is 14.1. The first kappa shape index (κ1) is 16.6. The van der Waals surface area contributed by atoms with Gasteiger partial charge in [0.15, 0.2) is 12.4 Å². The molecule has 0 aromatic carbocycles. The summed E-state index contributed by atoms with van der Waals surface area (Å²) in [7, 11) is 1.42. The van der Waals surface area contributed by atoms with Crippen molar-refractivity contribution in [2.75, 3.05) is 11.5 Å². The van der Waals surface area contributed by atoms with Crippen molar-refractivity contribution in [1.82, 2.24) is 5.32 Å². The normalized spacial score (nSPS) is 34.7. The van der Waals surface area contributed by atoms with Crippen LogP contribution < -0.4 is 5.32 Å². The number of methoxy groups -OCH3 is 1. The number of aliphatic hydroxyl groups is 1. The molecule has 1 saturated heterocycles. The summed E-state index contributed by atoms with van der Waals surface area (Å²) in [5.74, 6) is -0.865. The Labute approximate surface area is 125 Å². The van der Waals surface area contributed by atoms with E-state index < -0.39 is 36.6 Å². The molecule has 1 aliphatic heterocycles. The summed E-state index contributed by atoms with van der Waals surface area (Å²) >= 11 is 2.06. The molecule has 0 saturated carbocycles. The first-order valence-electron chi connectivity index (χ1n) is 5.77. The highest BCUT2D eigenvalue weighted by Crippen LogP contribution is 2.25. The second kappa shape index (κ2) is 7.36. The predicted molar refractivity (Wildman–Crippen MR) is 73.7 cm³/mol. The molecule has 110 valence electrons. The molecule has 7 nitrogen and oxygen atoms in total. The van der Waals surface area contributed by atoms with Crippen LogP contribution in [0.5, 0.6) is 0 Å². The van der Waals surface area contributed by atoms with Gasteiger partial charge in [-0.1, -0.05) is 22.6 Å². The Morgan fingerprint density at radius 1 is 1.42 bits per heavy atom. The van der Waals surface area contributed by atoms with Crippen molar-refractivity contribution < 1.29 is 28.9 Å². The van der Waals surface area contributed by atoms with Gasteiger partial charge >= 0.3 is 5.97 Å². The molecule has 1 amide bonds.